The van der Waals surface area contributed by atoms with E-state index in [2.05, 4.69) is 11.9 Å². The lowest BCUT2D eigenvalue weighted by Crippen LogP contribution is -2.43. The molecule has 1 heterocycles. The van der Waals surface area contributed by atoms with E-state index < -0.39 is 0 Å². The summed E-state index contributed by atoms with van der Waals surface area (Å²) < 4.78 is 1.51. The molecule has 0 fully saturated rings. The van der Waals surface area contributed by atoms with Crippen LogP contribution in [0, 0.1) is 0 Å². The summed E-state index contributed by atoms with van der Waals surface area (Å²) in [7, 11) is 1.69. The molecule has 1 rings (SSSR count). The number of amides is 1. The van der Waals surface area contributed by atoms with Gasteiger partial charge in [0.25, 0.3) is 5.56 Å². The fourth-order valence-corrected chi connectivity index (χ4v) is 3.32. The largest absolute Gasteiger partial charge is 0.337 e. The predicted octanol–water partition coefficient (Wildman–Crippen LogP) is 2.47. The maximum absolute atomic E-state index is 12.4. The van der Waals surface area contributed by atoms with Gasteiger partial charge in [-0.05, 0) is 34.1 Å². The molecule has 0 spiro atoms. The van der Waals surface area contributed by atoms with Crippen molar-refractivity contribution in [3.63, 3.8) is 0 Å². The molecular formula is C16H27N3O2S. The molecule has 0 saturated heterocycles. The summed E-state index contributed by atoms with van der Waals surface area (Å²) in [4.78, 5) is 30.7. The Morgan fingerprint density at radius 3 is 2.41 bits per heavy atom. The van der Waals surface area contributed by atoms with Crippen molar-refractivity contribution < 1.29 is 4.79 Å². The van der Waals surface area contributed by atoms with E-state index in [4.69, 9.17) is 0 Å². The Kier molecular flexibility index (Phi) is 7.13. The van der Waals surface area contributed by atoms with E-state index in [0.29, 0.717) is 10.9 Å². The lowest BCUT2D eigenvalue weighted by molar-refractivity contribution is -0.131. The van der Waals surface area contributed by atoms with Gasteiger partial charge in [-0.25, -0.2) is 4.98 Å². The summed E-state index contributed by atoms with van der Waals surface area (Å²) in [5.74, 6) is 0.372. The van der Waals surface area contributed by atoms with E-state index in [1.807, 2.05) is 32.6 Å². The first-order chi connectivity index (χ1) is 10.3. The minimum atomic E-state index is -0.0713. The normalized spacial score (nSPS) is 11.3. The lowest BCUT2D eigenvalue weighted by atomic mass is 10.2. The molecule has 0 bridgehead atoms. The van der Waals surface area contributed by atoms with Crippen molar-refractivity contribution in [2.24, 2.45) is 7.05 Å². The van der Waals surface area contributed by atoms with Crippen LogP contribution in [0.5, 0.6) is 0 Å². The number of thioether (sulfide) groups is 1. The molecule has 22 heavy (non-hydrogen) atoms. The molecule has 0 saturated carbocycles. The van der Waals surface area contributed by atoms with Crippen molar-refractivity contribution in [3.05, 3.63) is 22.1 Å². The average Bonchev–Trinajstić information content (AvgIpc) is 2.40. The fraction of sp³-hybridized carbons (Fsp3) is 0.688. The first kappa shape index (κ1) is 18.7. The fourth-order valence-electron chi connectivity index (χ4n) is 2.45. The molecular weight excluding hydrogens is 298 g/mol. The van der Waals surface area contributed by atoms with Crippen molar-refractivity contribution in [2.45, 2.75) is 64.7 Å². The van der Waals surface area contributed by atoms with Crippen LogP contribution in [-0.2, 0) is 18.3 Å². The molecule has 0 aliphatic carbocycles. The lowest BCUT2D eigenvalue weighted by Gasteiger charge is -2.30. The summed E-state index contributed by atoms with van der Waals surface area (Å²) >= 11 is 1.33. The quantitative estimate of drug-likeness (QED) is 0.571. The SMILES string of the molecule is CCCc1cc(=O)n(C)c(SCC(=O)N(C(C)C)C(C)C)n1. The number of hydrogen-bond donors (Lipinski definition) is 0. The second kappa shape index (κ2) is 8.36. The Balaban J connectivity index is 2.87. The standard InChI is InChI=1S/C16H27N3O2S/c1-7-8-13-9-14(20)18(6)16(17-13)22-10-15(21)19(11(2)3)12(4)5/h9,11-12H,7-8,10H2,1-6H3. The molecule has 0 atom stereocenters. The van der Waals surface area contributed by atoms with Crippen molar-refractivity contribution in [3.8, 4) is 0 Å². The van der Waals surface area contributed by atoms with Crippen LogP contribution in [-0.4, -0.2) is 38.2 Å². The van der Waals surface area contributed by atoms with Gasteiger partial charge in [0.2, 0.25) is 5.91 Å². The highest BCUT2D eigenvalue weighted by atomic mass is 32.2. The van der Waals surface area contributed by atoms with Crippen LogP contribution in [0.4, 0.5) is 0 Å². The van der Waals surface area contributed by atoms with Crippen LogP contribution in [0.2, 0.25) is 0 Å². The molecule has 0 aromatic carbocycles. The van der Waals surface area contributed by atoms with Gasteiger partial charge in [0.15, 0.2) is 5.16 Å². The molecule has 1 aromatic rings. The molecule has 0 aliphatic rings. The minimum absolute atomic E-state index is 0.0713. The number of hydrogen-bond acceptors (Lipinski definition) is 4. The number of carbonyl (C=O) groups excluding carboxylic acids is 1. The maximum atomic E-state index is 12.4. The molecule has 1 aromatic heterocycles. The predicted molar refractivity (Wildman–Crippen MR) is 91.3 cm³/mol. The van der Waals surface area contributed by atoms with Crippen LogP contribution in [0.15, 0.2) is 16.0 Å². The summed E-state index contributed by atoms with van der Waals surface area (Å²) in [5, 5.41) is 0.608. The zero-order valence-corrected chi connectivity index (χ0v) is 15.2. The van der Waals surface area contributed by atoms with Crippen LogP contribution < -0.4 is 5.56 Å². The van der Waals surface area contributed by atoms with E-state index >= 15 is 0 Å². The molecule has 1 amide bonds. The van der Waals surface area contributed by atoms with Crippen LogP contribution in [0.1, 0.15) is 46.7 Å². The second-order valence-corrected chi connectivity index (χ2v) is 6.90. The number of aromatic nitrogens is 2. The third-order valence-corrected chi connectivity index (χ3v) is 4.39. The third kappa shape index (κ3) is 4.87. The van der Waals surface area contributed by atoms with Crippen molar-refractivity contribution in [2.75, 3.05) is 5.75 Å². The molecule has 5 nitrogen and oxygen atoms in total. The summed E-state index contributed by atoms with van der Waals surface area (Å²) in [6.07, 6.45) is 1.72. The Morgan fingerprint density at radius 2 is 1.91 bits per heavy atom. The van der Waals surface area contributed by atoms with Gasteiger partial charge in [-0.1, -0.05) is 25.1 Å². The van der Waals surface area contributed by atoms with E-state index in [0.717, 1.165) is 18.5 Å². The Morgan fingerprint density at radius 1 is 1.32 bits per heavy atom. The van der Waals surface area contributed by atoms with Crippen LogP contribution >= 0.6 is 11.8 Å². The highest BCUT2D eigenvalue weighted by Crippen LogP contribution is 2.17. The van der Waals surface area contributed by atoms with Gasteiger partial charge in [-0.2, -0.15) is 0 Å². The highest BCUT2D eigenvalue weighted by molar-refractivity contribution is 7.99. The zero-order chi connectivity index (χ0) is 16.9. The number of nitrogens with zero attached hydrogens (tertiary/aromatic N) is 3. The van der Waals surface area contributed by atoms with Crippen molar-refractivity contribution in [1.29, 1.82) is 0 Å². The average molecular weight is 325 g/mol. The van der Waals surface area contributed by atoms with Gasteiger partial charge in [0, 0.05) is 30.9 Å². The van der Waals surface area contributed by atoms with E-state index in [1.165, 1.54) is 16.3 Å². The van der Waals surface area contributed by atoms with Crippen LogP contribution in [0.3, 0.4) is 0 Å². The first-order valence-electron chi connectivity index (χ1n) is 7.78. The van der Waals surface area contributed by atoms with Crippen molar-refractivity contribution >= 4 is 17.7 Å². The van der Waals surface area contributed by atoms with E-state index in [1.54, 1.807) is 13.1 Å². The number of rotatable bonds is 7. The summed E-state index contributed by atoms with van der Waals surface area (Å²) in [6, 6.07) is 1.90. The number of carbonyl (C=O) groups is 1. The Bertz CT molecular complexity index is 559. The summed E-state index contributed by atoms with van der Waals surface area (Å²) in [5.41, 5.74) is 0.725. The molecule has 0 radical (unpaired) electrons. The van der Waals surface area contributed by atoms with E-state index in [9.17, 15) is 9.59 Å². The van der Waals surface area contributed by atoms with Gasteiger partial charge in [-0.3, -0.25) is 14.2 Å². The Labute approximate surface area is 137 Å². The zero-order valence-electron chi connectivity index (χ0n) is 14.4. The number of aryl methyl sites for hydroxylation is 1. The Hall–Kier alpha value is -1.30. The van der Waals surface area contributed by atoms with Gasteiger partial charge >= 0.3 is 0 Å². The van der Waals surface area contributed by atoms with E-state index in [-0.39, 0.29) is 23.6 Å². The monoisotopic (exact) mass is 325 g/mol. The molecule has 0 unspecified atom stereocenters. The minimum Gasteiger partial charge on any atom is -0.337 e. The molecule has 6 heteroatoms. The van der Waals surface area contributed by atoms with Gasteiger partial charge < -0.3 is 4.90 Å². The topological polar surface area (TPSA) is 55.2 Å². The molecule has 0 N–H and O–H groups in total. The maximum Gasteiger partial charge on any atom is 0.254 e. The third-order valence-electron chi connectivity index (χ3n) is 3.38. The van der Waals surface area contributed by atoms with Gasteiger partial charge in [0.05, 0.1) is 5.75 Å². The molecule has 124 valence electrons. The highest BCUT2D eigenvalue weighted by Gasteiger charge is 2.20. The summed E-state index contributed by atoms with van der Waals surface area (Å²) in [6.45, 7) is 10.1. The first-order valence-corrected chi connectivity index (χ1v) is 8.77. The molecule has 0 aliphatic heterocycles. The van der Waals surface area contributed by atoms with Crippen molar-refractivity contribution in [1.82, 2.24) is 14.5 Å². The second-order valence-electron chi connectivity index (χ2n) is 5.95. The smallest absolute Gasteiger partial charge is 0.254 e. The van der Waals surface area contributed by atoms with Crippen LogP contribution in [0.25, 0.3) is 0 Å². The van der Waals surface area contributed by atoms with Gasteiger partial charge in [0.1, 0.15) is 0 Å². The van der Waals surface area contributed by atoms with Gasteiger partial charge in [-0.15, -0.1) is 0 Å².